The van der Waals surface area contributed by atoms with E-state index in [1.54, 1.807) is 43.6 Å². The number of rotatable bonds is 10. The number of aromatic nitrogens is 2. The summed E-state index contributed by atoms with van der Waals surface area (Å²) >= 11 is 0. The first-order valence-electron chi connectivity index (χ1n) is 13.8. The fourth-order valence-electron chi connectivity index (χ4n) is 4.56. The molecule has 1 aliphatic heterocycles. The predicted molar refractivity (Wildman–Crippen MR) is 157 cm³/mol. The standard InChI is InChI=1S/C31H35FN6O4/c1-18(2)13-34-14-21-9-26(30(40)37(5)15-21)29(39)36-27-10-22(11-28(35-27)42-19(3)4)24-7-6-20(12-33)8-25(24)31(41)38-16-23(32)17-38/h6-11,15,18-19,23,34H,13-14,16-17H2,1-5H3,(H,35,36,39). The van der Waals surface area contributed by atoms with Gasteiger partial charge in [0.05, 0.1) is 30.8 Å². The fourth-order valence-corrected chi connectivity index (χ4v) is 4.56. The monoisotopic (exact) mass is 574 g/mol. The Bertz CT molecular complexity index is 1590. The topological polar surface area (TPSA) is 129 Å². The van der Waals surface area contributed by atoms with Gasteiger partial charge in [-0.25, -0.2) is 4.39 Å². The lowest BCUT2D eigenvalue weighted by atomic mass is 9.96. The van der Waals surface area contributed by atoms with E-state index in [0.29, 0.717) is 23.6 Å². The minimum atomic E-state index is -1.08. The second-order valence-electron chi connectivity index (χ2n) is 11.1. The molecule has 4 rings (SSSR count). The number of nitrogens with zero attached hydrogens (tertiary/aromatic N) is 4. The molecule has 10 nitrogen and oxygen atoms in total. The Morgan fingerprint density at radius 3 is 2.52 bits per heavy atom. The Morgan fingerprint density at radius 1 is 1.14 bits per heavy atom. The van der Waals surface area contributed by atoms with Crippen molar-refractivity contribution >= 4 is 17.6 Å². The van der Waals surface area contributed by atoms with E-state index in [1.807, 2.05) is 19.9 Å². The first-order chi connectivity index (χ1) is 19.9. The van der Waals surface area contributed by atoms with Gasteiger partial charge >= 0.3 is 0 Å². The first kappa shape index (κ1) is 30.4. The Morgan fingerprint density at radius 2 is 1.88 bits per heavy atom. The molecule has 11 heteroatoms. The van der Waals surface area contributed by atoms with Gasteiger partial charge in [0.2, 0.25) is 5.88 Å². The summed E-state index contributed by atoms with van der Waals surface area (Å²) in [6, 6.07) is 11.5. The van der Waals surface area contributed by atoms with Crippen LogP contribution in [0.2, 0.25) is 0 Å². The maximum atomic E-state index is 13.5. The summed E-state index contributed by atoms with van der Waals surface area (Å²) in [5.74, 6) is -0.315. The van der Waals surface area contributed by atoms with Gasteiger partial charge in [0, 0.05) is 31.4 Å². The highest BCUT2D eigenvalue weighted by atomic mass is 19.1. The number of carbonyl (C=O) groups is 2. The number of alkyl halides is 1. The molecule has 0 aliphatic carbocycles. The van der Waals surface area contributed by atoms with Crippen molar-refractivity contribution in [2.24, 2.45) is 13.0 Å². The summed E-state index contributed by atoms with van der Waals surface area (Å²) in [4.78, 5) is 45.3. The Kier molecular flexibility index (Phi) is 9.38. The van der Waals surface area contributed by atoms with Crippen LogP contribution < -0.4 is 20.9 Å². The van der Waals surface area contributed by atoms with Crippen LogP contribution in [0.25, 0.3) is 11.1 Å². The van der Waals surface area contributed by atoms with Gasteiger partial charge in [-0.2, -0.15) is 10.2 Å². The van der Waals surface area contributed by atoms with Gasteiger partial charge in [-0.15, -0.1) is 0 Å². The van der Waals surface area contributed by atoms with Crippen molar-refractivity contribution in [1.82, 2.24) is 19.8 Å². The van der Waals surface area contributed by atoms with Crippen molar-refractivity contribution in [1.29, 1.82) is 5.26 Å². The number of nitrogens with one attached hydrogen (secondary N) is 2. The van der Waals surface area contributed by atoms with Crippen LogP contribution in [0.5, 0.6) is 5.88 Å². The lowest BCUT2D eigenvalue weighted by Gasteiger charge is -2.34. The summed E-state index contributed by atoms with van der Waals surface area (Å²) in [7, 11) is 1.59. The van der Waals surface area contributed by atoms with Crippen molar-refractivity contribution in [2.45, 2.75) is 46.5 Å². The van der Waals surface area contributed by atoms with Gasteiger partial charge in [0.1, 0.15) is 17.6 Å². The van der Waals surface area contributed by atoms with Gasteiger partial charge in [-0.05, 0) is 67.3 Å². The minimum absolute atomic E-state index is 0.0184. The molecular weight excluding hydrogens is 539 g/mol. The van der Waals surface area contributed by atoms with Crippen LogP contribution in [-0.2, 0) is 13.6 Å². The van der Waals surface area contributed by atoms with Gasteiger partial charge in [-0.1, -0.05) is 19.9 Å². The smallest absolute Gasteiger partial charge is 0.263 e. The van der Waals surface area contributed by atoms with Crippen LogP contribution in [0, 0.1) is 17.2 Å². The van der Waals surface area contributed by atoms with Gasteiger partial charge < -0.3 is 24.8 Å². The number of anilines is 1. The molecule has 0 bridgehead atoms. The first-order valence-corrected chi connectivity index (χ1v) is 13.8. The lowest BCUT2D eigenvalue weighted by molar-refractivity contribution is 0.0401. The van der Waals surface area contributed by atoms with Crippen molar-refractivity contribution < 1.29 is 18.7 Å². The SMILES string of the molecule is CC(C)CNCc1cc(C(=O)Nc2cc(-c3ccc(C#N)cc3C(=O)N3CC(F)C3)cc(OC(C)C)n2)c(=O)n(C)c1. The molecule has 2 N–H and O–H groups in total. The molecule has 220 valence electrons. The normalized spacial score (nSPS) is 13.2. The molecule has 0 saturated carbocycles. The zero-order valence-electron chi connectivity index (χ0n) is 24.4. The number of ether oxygens (including phenoxy) is 1. The van der Waals surface area contributed by atoms with Crippen LogP contribution >= 0.6 is 0 Å². The second kappa shape index (κ2) is 13.0. The molecule has 1 aromatic carbocycles. The summed E-state index contributed by atoms with van der Waals surface area (Å²) in [6.07, 6.45) is 0.359. The third-order valence-corrected chi connectivity index (χ3v) is 6.58. The third-order valence-electron chi connectivity index (χ3n) is 6.58. The maximum absolute atomic E-state index is 13.5. The Labute approximate surface area is 244 Å². The third kappa shape index (κ3) is 7.19. The van der Waals surface area contributed by atoms with Crippen molar-refractivity contribution in [2.75, 3.05) is 25.0 Å². The van der Waals surface area contributed by atoms with E-state index >= 15 is 0 Å². The number of halogens is 1. The number of nitriles is 1. The molecule has 0 unspecified atom stereocenters. The molecule has 2 amide bonds. The highest BCUT2D eigenvalue weighted by Crippen LogP contribution is 2.32. The number of hydrogen-bond donors (Lipinski definition) is 2. The van der Waals surface area contributed by atoms with Crippen molar-refractivity contribution in [3.8, 4) is 23.1 Å². The van der Waals surface area contributed by atoms with Crippen LogP contribution in [0.4, 0.5) is 10.2 Å². The second-order valence-corrected chi connectivity index (χ2v) is 11.1. The molecule has 3 aromatic rings. The molecule has 0 spiro atoms. The van der Waals surface area contributed by atoms with E-state index in [4.69, 9.17) is 4.74 Å². The molecule has 2 aromatic heterocycles. The number of amides is 2. The number of aryl methyl sites for hydroxylation is 1. The van der Waals surface area contributed by atoms with Crippen LogP contribution in [0.3, 0.4) is 0 Å². The molecule has 1 fully saturated rings. The summed E-state index contributed by atoms with van der Waals surface area (Å²) < 4.78 is 20.7. The van der Waals surface area contributed by atoms with E-state index in [0.717, 1.165) is 12.1 Å². The van der Waals surface area contributed by atoms with E-state index in [-0.39, 0.29) is 47.6 Å². The van der Waals surface area contributed by atoms with E-state index in [1.165, 1.54) is 15.5 Å². The summed E-state index contributed by atoms with van der Waals surface area (Å²) in [5, 5.41) is 15.5. The van der Waals surface area contributed by atoms with Gasteiger partial charge in [0.15, 0.2) is 0 Å². The fraction of sp³-hybridized carbons (Fsp3) is 0.387. The lowest BCUT2D eigenvalue weighted by Crippen LogP contribution is -2.51. The zero-order chi connectivity index (χ0) is 30.6. The van der Waals surface area contributed by atoms with Gasteiger partial charge in [0.25, 0.3) is 17.4 Å². The van der Waals surface area contributed by atoms with Crippen LogP contribution in [0.15, 0.2) is 47.4 Å². The van der Waals surface area contributed by atoms with Gasteiger partial charge in [-0.3, -0.25) is 14.4 Å². The number of likely N-dealkylation sites (tertiary alicyclic amines) is 1. The van der Waals surface area contributed by atoms with Crippen molar-refractivity contribution in [3.05, 3.63) is 75.2 Å². The molecule has 42 heavy (non-hydrogen) atoms. The summed E-state index contributed by atoms with van der Waals surface area (Å²) in [5.41, 5.74) is 1.70. The van der Waals surface area contributed by atoms with E-state index in [9.17, 15) is 24.0 Å². The average molecular weight is 575 g/mol. The van der Waals surface area contributed by atoms with Crippen LogP contribution in [-0.4, -0.2) is 58.2 Å². The molecule has 0 radical (unpaired) electrons. The highest BCUT2D eigenvalue weighted by molar-refractivity contribution is 6.05. The van der Waals surface area contributed by atoms with E-state index < -0.39 is 23.5 Å². The Balaban J connectivity index is 1.71. The molecule has 3 heterocycles. The molecule has 1 aliphatic rings. The highest BCUT2D eigenvalue weighted by Gasteiger charge is 2.32. The Hall–Kier alpha value is -4.56. The summed E-state index contributed by atoms with van der Waals surface area (Å²) in [6.45, 7) is 9.06. The number of hydrogen-bond acceptors (Lipinski definition) is 7. The largest absolute Gasteiger partial charge is 0.475 e. The number of pyridine rings is 2. The number of benzene rings is 1. The van der Waals surface area contributed by atoms with Crippen molar-refractivity contribution in [3.63, 3.8) is 0 Å². The quantitative estimate of drug-likeness (QED) is 0.376. The predicted octanol–water partition coefficient (Wildman–Crippen LogP) is 3.90. The average Bonchev–Trinajstić information content (AvgIpc) is 2.91. The molecule has 0 atom stereocenters. The van der Waals surface area contributed by atoms with E-state index in [2.05, 4.69) is 29.5 Å². The zero-order valence-corrected chi connectivity index (χ0v) is 24.4. The minimum Gasteiger partial charge on any atom is -0.475 e. The molecular formula is C31H35FN6O4. The van der Waals surface area contributed by atoms with Crippen LogP contribution in [0.1, 0.15) is 59.5 Å². The maximum Gasteiger partial charge on any atom is 0.263 e. The molecule has 1 saturated heterocycles. The number of carbonyl (C=O) groups excluding carboxylic acids is 2.